The van der Waals surface area contributed by atoms with E-state index in [4.69, 9.17) is 16.4 Å². The summed E-state index contributed by atoms with van der Waals surface area (Å²) in [4.78, 5) is 1.14. The Kier molecular flexibility index (Phi) is 3.21. The van der Waals surface area contributed by atoms with Gasteiger partial charge in [0, 0.05) is 6.54 Å². The highest BCUT2D eigenvalue weighted by atomic mass is 15.2. The minimum atomic E-state index is -0.181. The van der Waals surface area contributed by atoms with E-state index in [1.54, 1.807) is 6.19 Å². The molecule has 0 amide bonds. The molecule has 0 aromatic carbocycles. The molecule has 4 heteroatoms. The van der Waals surface area contributed by atoms with Gasteiger partial charge in [-0.25, -0.2) is 4.90 Å². The molecule has 9 heavy (non-hydrogen) atoms. The van der Waals surface area contributed by atoms with E-state index in [1.165, 1.54) is 0 Å². The third-order valence-electron chi connectivity index (χ3n) is 0.859. The zero-order valence-electron chi connectivity index (χ0n) is 5.39. The van der Waals surface area contributed by atoms with Crippen molar-refractivity contribution in [1.82, 2.24) is 4.90 Å². The van der Waals surface area contributed by atoms with Crippen molar-refractivity contribution in [2.75, 3.05) is 6.54 Å². The second kappa shape index (κ2) is 3.72. The fourth-order valence-electron chi connectivity index (χ4n) is 0.448. The predicted molar refractivity (Wildman–Crippen MR) is 34.5 cm³/mol. The van der Waals surface area contributed by atoms with Crippen LogP contribution in [0.1, 0.15) is 13.3 Å². The Balaban J connectivity index is 3.72. The lowest BCUT2D eigenvalue weighted by Gasteiger charge is -2.09. The van der Waals surface area contributed by atoms with Gasteiger partial charge in [-0.05, 0) is 6.42 Å². The van der Waals surface area contributed by atoms with Gasteiger partial charge in [-0.3, -0.25) is 5.41 Å². The number of nitrogens with two attached hydrogens (primary N) is 1. The van der Waals surface area contributed by atoms with Crippen LogP contribution in [0.4, 0.5) is 0 Å². The molecule has 0 spiro atoms. The highest BCUT2D eigenvalue weighted by Crippen LogP contribution is 1.84. The molecule has 0 aromatic rings. The molecule has 0 heterocycles. The van der Waals surface area contributed by atoms with Crippen LogP contribution in [-0.4, -0.2) is 17.4 Å². The minimum absolute atomic E-state index is 0.181. The third-order valence-corrected chi connectivity index (χ3v) is 0.859. The van der Waals surface area contributed by atoms with Gasteiger partial charge in [0.2, 0.25) is 5.96 Å². The smallest absolute Gasteiger partial charge is 0.201 e. The average molecular weight is 126 g/mol. The topological polar surface area (TPSA) is 76.9 Å². The average Bonchev–Trinajstić information content (AvgIpc) is 1.82. The largest absolute Gasteiger partial charge is 0.369 e. The molecule has 0 rings (SSSR count). The van der Waals surface area contributed by atoms with Gasteiger partial charge in [0.1, 0.15) is 0 Å². The number of guanidine groups is 1. The fourth-order valence-corrected chi connectivity index (χ4v) is 0.448. The Labute approximate surface area is 54.4 Å². The molecule has 0 radical (unpaired) electrons. The summed E-state index contributed by atoms with van der Waals surface area (Å²) in [7, 11) is 0. The molecular formula is C5H10N4. The summed E-state index contributed by atoms with van der Waals surface area (Å²) in [5, 5.41) is 15.1. The highest BCUT2D eigenvalue weighted by molar-refractivity contribution is 5.76. The molecule has 0 aliphatic carbocycles. The number of rotatable bonds is 2. The first-order chi connectivity index (χ1) is 4.22. The molecule has 3 N–H and O–H groups in total. The van der Waals surface area contributed by atoms with Crippen LogP contribution in [-0.2, 0) is 0 Å². The van der Waals surface area contributed by atoms with Crippen molar-refractivity contribution in [2.45, 2.75) is 13.3 Å². The maximum Gasteiger partial charge on any atom is 0.201 e. The van der Waals surface area contributed by atoms with E-state index < -0.39 is 0 Å². The zero-order valence-corrected chi connectivity index (χ0v) is 5.39. The second-order valence-corrected chi connectivity index (χ2v) is 1.64. The highest BCUT2D eigenvalue weighted by Gasteiger charge is 2.00. The van der Waals surface area contributed by atoms with Crippen molar-refractivity contribution < 1.29 is 0 Å². The van der Waals surface area contributed by atoms with E-state index in [0.717, 1.165) is 11.3 Å². The lowest BCUT2D eigenvalue weighted by atomic mass is 10.4. The van der Waals surface area contributed by atoms with E-state index >= 15 is 0 Å². The van der Waals surface area contributed by atoms with Crippen LogP contribution in [0.3, 0.4) is 0 Å². The second-order valence-electron chi connectivity index (χ2n) is 1.64. The quantitative estimate of drug-likeness (QED) is 0.238. The van der Waals surface area contributed by atoms with Crippen LogP contribution in [0, 0.1) is 16.9 Å². The fraction of sp³-hybridized carbons (Fsp3) is 0.600. The van der Waals surface area contributed by atoms with Gasteiger partial charge >= 0.3 is 0 Å². The molecule has 0 fully saturated rings. The van der Waals surface area contributed by atoms with Gasteiger partial charge in [0.25, 0.3) is 0 Å². The zero-order chi connectivity index (χ0) is 7.28. The van der Waals surface area contributed by atoms with Crippen molar-refractivity contribution >= 4 is 5.96 Å². The Morgan fingerprint density at radius 2 is 2.44 bits per heavy atom. The van der Waals surface area contributed by atoms with Crippen LogP contribution in [0.15, 0.2) is 0 Å². The Bertz CT molecular complexity index is 134. The molecule has 0 atom stereocenters. The molecule has 0 bridgehead atoms. The van der Waals surface area contributed by atoms with Crippen molar-refractivity contribution in [1.29, 1.82) is 10.7 Å². The summed E-state index contributed by atoms with van der Waals surface area (Å²) in [5.41, 5.74) is 5.02. The first-order valence-corrected chi connectivity index (χ1v) is 2.73. The molecule has 0 saturated carbocycles. The van der Waals surface area contributed by atoms with E-state index in [0.29, 0.717) is 6.54 Å². The Hall–Kier alpha value is -1.24. The van der Waals surface area contributed by atoms with Crippen molar-refractivity contribution in [3.8, 4) is 6.19 Å². The minimum Gasteiger partial charge on any atom is -0.369 e. The van der Waals surface area contributed by atoms with E-state index in [9.17, 15) is 0 Å². The van der Waals surface area contributed by atoms with E-state index in [1.807, 2.05) is 6.92 Å². The monoisotopic (exact) mass is 126 g/mol. The number of hydrogen-bond donors (Lipinski definition) is 2. The SMILES string of the molecule is CCCN(C#N)C(=N)N. The molecule has 4 nitrogen and oxygen atoms in total. The first kappa shape index (κ1) is 7.76. The lowest BCUT2D eigenvalue weighted by molar-refractivity contribution is 0.556. The summed E-state index contributed by atoms with van der Waals surface area (Å²) in [6.45, 7) is 2.46. The van der Waals surface area contributed by atoms with Crippen molar-refractivity contribution in [3.05, 3.63) is 0 Å². The Morgan fingerprint density at radius 3 is 2.56 bits per heavy atom. The number of nitriles is 1. The molecule has 0 aliphatic heterocycles. The van der Waals surface area contributed by atoms with Crippen LogP contribution in [0.2, 0.25) is 0 Å². The summed E-state index contributed by atoms with van der Waals surface area (Å²) in [6.07, 6.45) is 2.61. The standard InChI is InChI=1S/C5H10N4/c1-2-3-9(4-6)5(7)8/h2-3H2,1H3,(H3,7,8). The molecule has 0 unspecified atom stereocenters. The predicted octanol–water partition coefficient (Wildman–Crippen LogP) is 0.0730. The van der Waals surface area contributed by atoms with E-state index in [-0.39, 0.29) is 5.96 Å². The molecule has 0 aliphatic rings. The summed E-state index contributed by atoms with van der Waals surface area (Å²) in [5.74, 6) is -0.181. The van der Waals surface area contributed by atoms with Gasteiger partial charge in [-0.2, -0.15) is 5.26 Å². The lowest BCUT2D eigenvalue weighted by Crippen LogP contribution is -2.32. The van der Waals surface area contributed by atoms with Crippen LogP contribution < -0.4 is 5.73 Å². The van der Waals surface area contributed by atoms with Crippen molar-refractivity contribution in [3.63, 3.8) is 0 Å². The Morgan fingerprint density at radius 1 is 1.89 bits per heavy atom. The number of nitrogens with zero attached hydrogens (tertiary/aromatic N) is 2. The van der Waals surface area contributed by atoms with Crippen LogP contribution >= 0.6 is 0 Å². The van der Waals surface area contributed by atoms with Gasteiger partial charge in [-0.15, -0.1) is 0 Å². The normalized spacial score (nSPS) is 8.00. The van der Waals surface area contributed by atoms with Gasteiger partial charge in [0.05, 0.1) is 0 Å². The summed E-state index contributed by atoms with van der Waals surface area (Å²) in [6, 6.07) is 0. The van der Waals surface area contributed by atoms with Crippen molar-refractivity contribution in [2.24, 2.45) is 5.73 Å². The maximum absolute atomic E-state index is 8.28. The van der Waals surface area contributed by atoms with Crippen LogP contribution in [0.25, 0.3) is 0 Å². The van der Waals surface area contributed by atoms with Gasteiger partial charge in [-0.1, -0.05) is 6.92 Å². The summed E-state index contributed by atoms with van der Waals surface area (Å²) < 4.78 is 0. The first-order valence-electron chi connectivity index (χ1n) is 2.73. The van der Waals surface area contributed by atoms with Crippen LogP contribution in [0.5, 0.6) is 0 Å². The number of nitrogens with one attached hydrogen (secondary N) is 1. The maximum atomic E-state index is 8.28. The van der Waals surface area contributed by atoms with Gasteiger partial charge in [0.15, 0.2) is 6.19 Å². The molecule has 0 aromatic heterocycles. The molecule has 50 valence electrons. The molecular weight excluding hydrogens is 116 g/mol. The van der Waals surface area contributed by atoms with Gasteiger partial charge < -0.3 is 5.73 Å². The third kappa shape index (κ3) is 2.54. The number of hydrogen-bond acceptors (Lipinski definition) is 2. The van der Waals surface area contributed by atoms with E-state index in [2.05, 4.69) is 0 Å². The summed E-state index contributed by atoms with van der Waals surface area (Å²) >= 11 is 0. The molecule has 0 saturated heterocycles.